The van der Waals surface area contributed by atoms with E-state index in [9.17, 15) is 10.1 Å². The van der Waals surface area contributed by atoms with Gasteiger partial charge < -0.3 is 5.73 Å². The summed E-state index contributed by atoms with van der Waals surface area (Å²) in [6.45, 7) is 3.30. The van der Waals surface area contributed by atoms with E-state index < -0.39 is 0 Å². The molecule has 0 aromatic heterocycles. The van der Waals surface area contributed by atoms with Gasteiger partial charge in [-0.3, -0.25) is 15.0 Å². The Kier molecular flexibility index (Phi) is 4.96. The molecule has 0 amide bonds. The molecule has 1 saturated heterocycles. The lowest BCUT2D eigenvalue weighted by atomic mass is 9.95. The maximum Gasteiger partial charge on any atom is 0.275 e. The summed E-state index contributed by atoms with van der Waals surface area (Å²) in [5.41, 5.74) is 6.62. The number of nitro groups is 1. The average Bonchev–Trinajstić information content (AvgIpc) is 2.42. The molecular formula is C14H20ClN3O2. The lowest BCUT2D eigenvalue weighted by molar-refractivity contribution is -0.385. The summed E-state index contributed by atoms with van der Waals surface area (Å²) in [7, 11) is 0. The number of halogens is 1. The predicted molar refractivity (Wildman–Crippen MR) is 79.8 cm³/mol. The number of nitrogens with two attached hydrogens (primary N) is 1. The van der Waals surface area contributed by atoms with Crippen molar-refractivity contribution < 1.29 is 4.92 Å². The van der Waals surface area contributed by atoms with Gasteiger partial charge in [-0.15, -0.1) is 0 Å². The normalized spacial score (nSPS) is 23.8. The van der Waals surface area contributed by atoms with Crippen LogP contribution in [0, 0.1) is 10.1 Å². The molecule has 0 spiro atoms. The van der Waals surface area contributed by atoms with E-state index in [0.717, 1.165) is 12.8 Å². The summed E-state index contributed by atoms with van der Waals surface area (Å²) in [5, 5.41) is 11.5. The minimum atomic E-state index is -0.368. The lowest BCUT2D eigenvalue weighted by Crippen LogP contribution is -2.48. The minimum Gasteiger partial charge on any atom is -0.329 e. The second-order valence-electron chi connectivity index (χ2n) is 5.37. The molecule has 20 heavy (non-hydrogen) atoms. The quantitative estimate of drug-likeness (QED) is 0.685. The van der Waals surface area contributed by atoms with E-state index in [2.05, 4.69) is 11.8 Å². The Morgan fingerprint density at radius 2 is 2.25 bits per heavy atom. The molecular weight excluding hydrogens is 278 g/mol. The van der Waals surface area contributed by atoms with Gasteiger partial charge >= 0.3 is 0 Å². The number of benzene rings is 1. The summed E-state index contributed by atoms with van der Waals surface area (Å²) in [6.07, 6.45) is 3.34. The fourth-order valence-electron chi connectivity index (χ4n) is 2.92. The van der Waals surface area contributed by atoms with Crippen molar-refractivity contribution in [3.63, 3.8) is 0 Å². The summed E-state index contributed by atoms with van der Waals surface area (Å²) in [5.74, 6) is 0. The van der Waals surface area contributed by atoms with E-state index in [0.29, 0.717) is 35.8 Å². The number of likely N-dealkylation sites (tertiary alicyclic amines) is 1. The summed E-state index contributed by atoms with van der Waals surface area (Å²) in [4.78, 5) is 13.1. The molecule has 6 heteroatoms. The first-order valence-electron chi connectivity index (χ1n) is 6.91. The number of hydrogen-bond acceptors (Lipinski definition) is 4. The monoisotopic (exact) mass is 297 g/mol. The van der Waals surface area contributed by atoms with Crippen LogP contribution in [0.4, 0.5) is 5.69 Å². The van der Waals surface area contributed by atoms with Crippen molar-refractivity contribution in [2.75, 3.05) is 6.54 Å². The molecule has 5 nitrogen and oxygen atoms in total. The molecule has 1 aliphatic rings. The van der Waals surface area contributed by atoms with Gasteiger partial charge in [-0.25, -0.2) is 0 Å². The van der Waals surface area contributed by atoms with E-state index >= 15 is 0 Å². The van der Waals surface area contributed by atoms with Crippen LogP contribution in [-0.4, -0.2) is 28.5 Å². The second-order valence-corrected chi connectivity index (χ2v) is 5.81. The number of rotatable bonds is 4. The molecule has 110 valence electrons. The average molecular weight is 298 g/mol. The second kappa shape index (κ2) is 6.52. The van der Waals surface area contributed by atoms with Crippen LogP contribution in [0.5, 0.6) is 0 Å². The largest absolute Gasteiger partial charge is 0.329 e. The van der Waals surface area contributed by atoms with Crippen LogP contribution in [0.25, 0.3) is 0 Å². The number of piperidine rings is 1. The zero-order valence-electron chi connectivity index (χ0n) is 11.6. The molecule has 0 aliphatic carbocycles. The smallest absolute Gasteiger partial charge is 0.275 e. The van der Waals surface area contributed by atoms with Crippen molar-refractivity contribution >= 4 is 17.3 Å². The van der Waals surface area contributed by atoms with Gasteiger partial charge in [-0.1, -0.05) is 18.0 Å². The van der Waals surface area contributed by atoms with Gasteiger partial charge in [0.15, 0.2) is 0 Å². The van der Waals surface area contributed by atoms with Crippen LogP contribution in [0.15, 0.2) is 18.2 Å². The predicted octanol–water partition coefficient (Wildman–Crippen LogP) is 2.95. The standard InChI is InChI=1S/C14H20ClN3O2/c1-10-3-2-4-13(8-16)17(10)9-11-5-6-12(15)7-14(11)18(19)20/h5-7,10,13H,2-4,8-9,16H2,1H3. The lowest BCUT2D eigenvalue weighted by Gasteiger charge is -2.40. The maximum absolute atomic E-state index is 11.2. The molecule has 2 N–H and O–H groups in total. The molecule has 2 unspecified atom stereocenters. The Morgan fingerprint density at radius 1 is 1.50 bits per heavy atom. The topological polar surface area (TPSA) is 72.4 Å². The third-order valence-electron chi connectivity index (χ3n) is 4.06. The highest BCUT2D eigenvalue weighted by Gasteiger charge is 2.28. The van der Waals surface area contributed by atoms with E-state index in [1.54, 1.807) is 12.1 Å². The molecule has 1 aliphatic heterocycles. The van der Waals surface area contributed by atoms with Crippen LogP contribution in [0.1, 0.15) is 31.7 Å². The maximum atomic E-state index is 11.2. The van der Waals surface area contributed by atoms with Gasteiger partial charge in [-0.2, -0.15) is 0 Å². The van der Waals surface area contributed by atoms with Crippen molar-refractivity contribution in [1.82, 2.24) is 4.90 Å². The first kappa shape index (κ1) is 15.2. The zero-order valence-corrected chi connectivity index (χ0v) is 12.3. The van der Waals surface area contributed by atoms with Crippen molar-refractivity contribution in [2.24, 2.45) is 5.73 Å². The molecule has 1 aromatic carbocycles. The van der Waals surface area contributed by atoms with Crippen LogP contribution in [-0.2, 0) is 6.54 Å². The molecule has 0 radical (unpaired) electrons. The van der Waals surface area contributed by atoms with Crippen molar-refractivity contribution in [3.8, 4) is 0 Å². The Labute approximate surface area is 123 Å². The SMILES string of the molecule is CC1CCCC(CN)N1Cc1ccc(Cl)cc1[N+](=O)[O-]. The van der Waals surface area contributed by atoms with E-state index in [1.807, 2.05) is 0 Å². The number of nitro benzene ring substituents is 1. The third kappa shape index (κ3) is 3.29. The van der Waals surface area contributed by atoms with E-state index in [-0.39, 0.29) is 10.6 Å². The van der Waals surface area contributed by atoms with Crippen LogP contribution < -0.4 is 5.73 Å². The first-order valence-corrected chi connectivity index (χ1v) is 7.29. The Hall–Kier alpha value is -1.17. The summed E-state index contributed by atoms with van der Waals surface area (Å²) >= 11 is 5.85. The Morgan fingerprint density at radius 3 is 2.90 bits per heavy atom. The van der Waals surface area contributed by atoms with Crippen molar-refractivity contribution in [1.29, 1.82) is 0 Å². The highest BCUT2D eigenvalue weighted by molar-refractivity contribution is 6.30. The summed E-state index contributed by atoms with van der Waals surface area (Å²) in [6, 6.07) is 5.57. The molecule has 1 heterocycles. The molecule has 2 rings (SSSR count). The van der Waals surface area contributed by atoms with Gasteiger partial charge in [-0.05, 0) is 31.9 Å². The van der Waals surface area contributed by atoms with Crippen LogP contribution in [0.3, 0.4) is 0 Å². The van der Waals surface area contributed by atoms with E-state index in [1.165, 1.54) is 12.5 Å². The Balaban J connectivity index is 2.25. The van der Waals surface area contributed by atoms with Gasteiger partial charge in [0.25, 0.3) is 5.69 Å². The highest BCUT2D eigenvalue weighted by Crippen LogP contribution is 2.29. The van der Waals surface area contributed by atoms with Gasteiger partial charge in [0.2, 0.25) is 0 Å². The Bertz CT molecular complexity index is 495. The third-order valence-corrected chi connectivity index (χ3v) is 4.30. The van der Waals surface area contributed by atoms with Crippen LogP contribution in [0.2, 0.25) is 5.02 Å². The first-order chi connectivity index (χ1) is 9.52. The molecule has 1 fully saturated rings. The fourth-order valence-corrected chi connectivity index (χ4v) is 3.08. The zero-order chi connectivity index (χ0) is 14.7. The van der Waals surface area contributed by atoms with Gasteiger partial charge in [0, 0.05) is 41.8 Å². The summed E-state index contributed by atoms with van der Waals surface area (Å²) < 4.78 is 0. The fraction of sp³-hybridized carbons (Fsp3) is 0.571. The van der Waals surface area contributed by atoms with E-state index in [4.69, 9.17) is 17.3 Å². The van der Waals surface area contributed by atoms with Gasteiger partial charge in [0.05, 0.1) is 4.92 Å². The molecule has 0 bridgehead atoms. The number of nitrogens with zero attached hydrogens (tertiary/aromatic N) is 2. The molecule has 2 atom stereocenters. The van der Waals surface area contributed by atoms with Crippen molar-refractivity contribution in [3.05, 3.63) is 38.9 Å². The van der Waals surface area contributed by atoms with Crippen molar-refractivity contribution in [2.45, 2.75) is 44.8 Å². The highest BCUT2D eigenvalue weighted by atomic mass is 35.5. The minimum absolute atomic E-state index is 0.0889. The molecule has 0 saturated carbocycles. The van der Waals surface area contributed by atoms with Gasteiger partial charge in [0.1, 0.15) is 0 Å². The molecule has 1 aromatic rings. The number of hydrogen-bond donors (Lipinski definition) is 1. The van der Waals surface area contributed by atoms with Crippen LogP contribution >= 0.6 is 11.6 Å².